The molecule has 134 valence electrons. The Labute approximate surface area is 149 Å². The highest BCUT2D eigenvalue weighted by atomic mass is 32.2. The molecule has 2 aliphatic heterocycles. The molecule has 5 nitrogen and oxygen atoms in total. The van der Waals surface area contributed by atoms with Crippen molar-refractivity contribution in [2.75, 3.05) is 19.6 Å². The summed E-state index contributed by atoms with van der Waals surface area (Å²) >= 11 is 0. The molecule has 2 saturated heterocycles. The van der Waals surface area contributed by atoms with E-state index in [1.165, 1.54) is 12.8 Å². The SMILES string of the molecule is Cc1ccc(S(=O)(=O)N2C[C@@H]3CCCCN3C[C@@H]2C)c2cccnc12. The average Bonchev–Trinajstić information content (AvgIpc) is 2.61. The van der Waals surface area contributed by atoms with Gasteiger partial charge in [-0.05, 0) is 57.0 Å². The van der Waals surface area contributed by atoms with E-state index in [0.29, 0.717) is 17.5 Å². The number of nitrogens with zero attached hydrogens (tertiary/aromatic N) is 3. The monoisotopic (exact) mass is 359 g/mol. The van der Waals surface area contributed by atoms with Crippen molar-refractivity contribution in [3.05, 3.63) is 36.0 Å². The van der Waals surface area contributed by atoms with Gasteiger partial charge in [0.05, 0.1) is 10.4 Å². The molecule has 0 spiro atoms. The van der Waals surface area contributed by atoms with Gasteiger partial charge in [0.25, 0.3) is 0 Å². The van der Waals surface area contributed by atoms with Crippen LogP contribution in [0.1, 0.15) is 31.7 Å². The van der Waals surface area contributed by atoms with Gasteiger partial charge in [0.1, 0.15) is 0 Å². The molecule has 1 aromatic carbocycles. The summed E-state index contributed by atoms with van der Waals surface area (Å²) in [4.78, 5) is 7.25. The highest BCUT2D eigenvalue weighted by molar-refractivity contribution is 7.89. The predicted molar refractivity (Wildman–Crippen MR) is 99.0 cm³/mol. The molecule has 0 unspecified atom stereocenters. The highest BCUT2D eigenvalue weighted by Crippen LogP contribution is 2.32. The number of hydrogen-bond acceptors (Lipinski definition) is 4. The van der Waals surface area contributed by atoms with Crippen LogP contribution in [-0.2, 0) is 10.0 Å². The minimum Gasteiger partial charge on any atom is -0.297 e. The number of aryl methyl sites for hydroxylation is 1. The van der Waals surface area contributed by atoms with Crippen LogP contribution in [0.15, 0.2) is 35.4 Å². The van der Waals surface area contributed by atoms with Gasteiger partial charge in [0.15, 0.2) is 0 Å². The number of rotatable bonds is 2. The number of sulfonamides is 1. The molecule has 3 heterocycles. The lowest BCUT2D eigenvalue weighted by molar-refractivity contribution is 0.0565. The Kier molecular flexibility index (Phi) is 4.30. The van der Waals surface area contributed by atoms with Crippen molar-refractivity contribution < 1.29 is 8.42 Å². The Morgan fingerprint density at radius 2 is 2.00 bits per heavy atom. The van der Waals surface area contributed by atoms with E-state index in [-0.39, 0.29) is 6.04 Å². The number of benzene rings is 1. The van der Waals surface area contributed by atoms with Crippen molar-refractivity contribution in [2.24, 2.45) is 0 Å². The van der Waals surface area contributed by atoms with Crippen LogP contribution >= 0.6 is 0 Å². The molecule has 1 aromatic heterocycles. The van der Waals surface area contributed by atoms with Gasteiger partial charge in [0, 0.05) is 36.8 Å². The summed E-state index contributed by atoms with van der Waals surface area (Å²) in [6.07, 6.45) is 5.23. The van der Waals surface area contributed by atoms with Crippen molar-refractivity contribution in [1.29, 1.82) is 0 Å². The molecule has 2 fully saturated rings. The summed E-state index contributed by atoms with van der Waals surface area (Å²) < 4.78 is 28.7. The molecule has 4 rings (SSSR count). The lowest BCUT2D eigenvalue weighted by atomic mass is 9.99. The minimum atomic E-state index is -3.54. The average molecular weight is 359 g/mol. The molecule has 2 aromatic rings. The Bertz CT molecular complexity index is 897. The molecule has 0 radical (unpaired) electrons. The van der Waals surface area contributed by atoms with Crippen LogP contribution in [-0.4, -0.2) is 54.3 Å². The van der Waals surface area contributed by atoms with Gasteiger partial charge < -0.3 is 0 Å². The third kappa shape index (κ3) is 2.86. The van der Waals surface area contributed by atoms with E-state index in [1.807, 2.05) is 32.0 Å². The maximum Gasteiger partial charge on any atom is 0.244 e. The normalized spacial score (nSPS) is 25.8. The summed E-state index contributed by atoms with van der Waals surface area (Å²) in [7, 11) is -3.54. The minimum absolute atomic E-state index is 0.00706. The summed E-state index contributed by atoms with van der Waals surface area (Å²) in [5, 5.41) is 0.723. The van der Waals surface area contributed by atoms with Crippen LogP contribution in [0.25, 0.3) is 10.9 Å². The Balaban J connectivity index is 1.76. The number of pyridine rings is 1. The van der Waals surface area contributed by atoms with Crippen LogP contribution in [0.2, 0.25) is 0 Å². The molecule has 0 N–H and O–H groups in total. The van der Waals surface area contributed by atoms with Gasteiger partial charge in [-0.2, -0.15) is 4.31 Å². The van der Waals surface area contributed by atoms with Gasteiger partial charge in [-0.3, -0.25) is 9.88 Å². The van der Waals surface area contributed by atoms with Gasteiger partial charge >= 0.3 is 0 Å². The van der Waals surface area contributed by atoms with E-state index in [0.717, 1.165) is 36.0 Å². The molecular formula is C19H25N3O2S. The van der Waals surface area contributed by atoms with Crippen molar-refractivity contribution in [2.45, 2.75) is 50.1 Å². The van der Waals surface area contributed by atoms with Crippen LogP contribution in [0, 0.1) is 6.92 Å². The molecule has 0 amide bonds. The fourth-order valence-corrected chi connectivity index (χ4v) is 6.14. The maximum absolute atomic E-state index is 13.5. The van der Waals surface area contributed by atoms with Gasteiger partial charge in [-0.1, -0.05) is 12.5 Å². The third-order valence-corrected chi connectivity index (χ3v) is 7.69. The van der Waals surface area contributed by atoms with Crippen LogP contribution < -0.4 is 0 Å². The van der Waals surface area contributed by atoms with E-state index < -0.39 is 10.0 Å². The quantitative estimate of drug-likeness (QED) is 0.827. The molecule has 6 heteroatoms. The fourth-order valence-electron chi connectivity index (χ4n) is 4.30. The topological polar surface area (TPSA) is 53.5 Å². The van der Waals surface area contributed by atoms with Gasteiger partial charge in [0.2, 0.25) is 10.0 Å². The summed E-state index contributed by atoms with van der Waals surface area (Å²) in [6.45, 7) is 6.51. The molecule has 0 saturated carbocycles. The van der Waals surface area contributed by atoms with E-state index in [4.69, 9.17) is 0 Å². The second-order valence-electron chi connectivity index (χ2n) is 7.35. The first kappa shape index (κ1) is 16.9. The highest BCUT2D eigenvalue weighted by Gasteiger charge is 2.39. The number of aromatic nitrogens is 1. The first-order chi connectivity index (χ1) is 12.0. The van der Waals surface area contributed by atoms with Gasteiger partial charge in [-0.15, -0.1) is 0 Å². The van der Waals surface area contributed by atoms with E-state index in [2.05, 4.69) is 9.88 Å². The van der Waals surface area contributed by atoms with Crippen molar-refractivity contribution in [3.8, 4) is 0 Å². The fraction of sp³-hybridized carbons (Fsp3) is 0.526. The summed E-state index contributed by atoms with van der Waals surface area (Å²) in [5.74, 6) is 0. The largest absolute Gasteiger partial charge is 0.297 e. The van der Waals surface area contributed by atoms with E-state index in [1.54, 1.807) is 16.6 Å². The van der Waals surface area contributed by atoms with Crippen LogP contribution in [0.5, 0.6) is 0 Å². The molecule has 2 atom stereocenters. The Hall–Kier alpha value is -1.50. The zero-order valence-electron chi connectivity index (χ0n) is 14.9. The maximum atomic E-state index is 13.5. The van der Waals surface area contributed by atoms with Crippen LogP contribution in [0.4, 0.5) is 0 Å². The Morgan fingerprint density at radius 3 is 2.84 bits per heavy atom. The zero-order valence-corrected chi connectivity index (χ0v) is 15.7. The van der Waals surface area contributed by atoms with Crippen LogP contribution in [0.3, 0.4) is 0 Å². The lowest BCUT2D eigenvalue weighted by Crippen LogP contribution is -2.59. The van der Waals surface area contributed by atoms with E-state index >= 15 is 0 Å². The van der Waals surface area contributed by atoms with Gasteiger partial charge in [-0.25, -0.2) is 8.42 Å². The summed E-state index contributed by atoms with van der Waals surface area (Å²) in [5.41, 5.74) is 1.77. The molecular weight excluding hydrogens is 334 g/mol. The smallest absolute Gasteiger partial charge is 0.244 e. The zero-order chi connectivity index (χ0) is 17.6. The van der Waals surface area contributed by atoms with Crippen molar-refractivity contribution in [3.63, 3.8) is 0 Å². The van der Waals surface area contributed by atoms with Crippen molar-refractivity contribution in [1.82, 2.24) is 14.2 Å². The number of piperidine rings is 1. The molecule has 25 heavy (non-hydrogen) atoms. The first-order valence-electron chi connectivity index (χ1n) is 9.09. The molecule has 0 bridgehead atoms. The second-order valence-corrected chi connectivity index (χ2v) is 9.21. The van der Waals surface area contributed by atoms with E-state index in [9.17, 15) is 8.42 Å². The standard InChI is InChI=1S/C19H25N3O2S/c1-14-8-9-18(17-7-5-10-20-19(14)17)25(23,24)22-13-16-6-3-4-11-21(16)12-15(22)2/h5,7-10,15-16H,3-4,6,11-13H2,1-2H3/t15-,16-/m0/s1. The number of fused-ring (bicyclic) bond motifs is 2. The Morgan fingerprint density at radius 1 is 1.16 bits per heavy atom. The number of hydrogen-bond donors (Lipinski definition) is 0. The molecule has 0 aliphatic carbocycles. The predicted octanol–water partition coefficient (Wildman–Crippen LogP) is 2.79. The molecule has 2 aliphatic rings. The first-order valence-corrected chi connectivity index (χ1v) is 10.5. The number of piperazine rings is 1. The van der Waals surface area contributed by atoms with Crippen molar-refractivity contribution >= 4 is 20.9 Å². The lowest BCUT2D eigenvalue weighted by Gasteiger charge is -2.46. The second kappa shape index (κ2) is 6.34. The summed E-state index contributed by atoms with van der Waals surface area (Å²) in [6, 6.07) is 7.63. The third-order valence-electron chi connectivity index (χ3n) is 5.65.